The van der Waals surface area contributed by atoms with Gasteiger partial charge in [0.1, 0.15) is 5.75 Å². The van der Waals surface area contributed by atoms with E-state index in [1.54, 1.807) is 13.2 Å². The van der Waals surface area contributed by atoms with Crippen molar-refractivity contribution in [1.29, 1.82) is 0 Å². The van der Waals surface area contributed by atoms with Gasteiger partial charge < -0.3 is 4.74 Å². The first-order valence-corrected chi connectivity index (χ1v) is 7.02. The maximum Gasteiger partial charge on any atom is 0.232 e. The molecular weight excluding hydrogens is 226 g/mol. The van der Waals surface area contributed by atoms with E-state index in [-0.39, 0.29) is 0 Å². The third-order valence-electron chi connectivity index (χ3n) is 2.76. The molecule has 5 heteroatoms. The highest BCUT2D eigenvalue weighted by Gasteiger charge is 2.23. The van der Waals surface area contributed by atoms with Crippen molar-refractivity contribution < 1.29 is 13.2 Å². The van der Waals surface area contributed by atoms with Crippen molar-refractivity contribution in [2.24, 2.45) is 0 Å². The lowest BCUT2D eigenvalue weighted by Crippen LogP contribution is -2.34. The molecule has 1 heterocycles. The van der Waals surface area contributed by atoms with Crippen LogP contribution in [-0.4, -0.2) is 28.3 Å². The Morgan fingerprint density at radius 3 is 2.75 bits per heavy atom. The highest BCUT2D eigenvalue weighted by Crippen LogP contribution is 2.31. The molecule has 0 aromatic heterocycles. The van der Waals surface area contributed by atoms with Crippen molar-refractivity contribution in [3.8, 4) is 5.75 Å². The molecular formula is C11H15NO3S. The number of aryl methyl sites for hydroxylation is 1. The van der Waals surface area contributed by atoms with Crippen LogP contribution in [0, 0.1) is 0 Å². The van der Waals surface area contributed by atoms with Crippen LogP contribution in [0.15, 0.2) is 18.2 Å². The summed E-state index contributed by atoms with van der Waals surface area (Å²) in [6, 6.07) is 5.52. The standard InChI is InChI=1S/C11H15NO3S/c1-15-10-5-6-11-9(8-10)4-3-7-12(11)16(2,13)14/h5-6,8H,3-4,7H2,1-2H3. The monoisotopic (exact) mass is 241 g/mol. The Balaban J connectivity index is 2.48. The summed E-state index contributed by atoms with van der Waals surface area (Å²) in [6.45, 7) is 0.568. The molecule has 0 N–H and O–H groups in total. The van der Waals surface area contributed by atoms with E-state index in [2.05, 4.69) is 0 Å². The number of anilines is 1. The summed E-state index contributed by atoms with van der Waals surface area (Å²) in [5, 5.41) is 0. The van der Waals surface area contributed by atoms with E-state index < -0.39 is 10.0 Å². The maximum absolute atomic E-state index is 11.6. The molecule has 1 aromatic rings. The molecule has 0 aliphatic carbocycles. The molecule has 0 amide bonds. The molecule has 0 atom stereocenters. The SMILES string of the molecule is COc1ccc2c(c1)CCCN2S(C)(=O)=O. The largest absolute Gasteiger partial charge is 0.497 e. The zero-order valence-corrected chi connectivity index (χ0v) is 10.3. The highest BCUT2D eigenvalue weighted by molar-refractivity contribution is 7.92. The molecule has 0 unspecified atom stereocenters. The first-order chi connectivity index (χ1) is 7.52. The van der Waals surface area contributed by atoms with E-state index in [4.69, 9.17) is 4.74 Å². The van der Waals surface area contributed by atoms with E-state index in [1.807, 2.05) is 12.1 Å². The number of fused-ring (bicyclic) bond motifs is 1. The number of methoxy groups -OCH3 is 1. The Morgan fingerprint density at radius 2 is 2.12 bits per heavy atom. The molecule has 4 nitrogen and oxygen atoms in total. The molecule has 1 aromatic carbocycles. The molecule has 2 rings (SSSR count). The summed E-state index contributed by atoms with van der Waals surface area (Å²) in [7, 11) is -1.56. The van der Waals surface area contributed by atoms with Gasteiger partial charge in [-0.1, -0.05) is 0 Å². The van der Waals surface area contributed by atoms with Crippen molar-refractivity contribution in [2.45, 2.75) is 12.8 Å². The second-order valence-electron chi connectivity index (χ2n) is 3.93. The Hall–Kier alpha value is -1.23. The van der Waals surface area contributed by atoms with Gasteiger partial charge in [0.2, 0.25) is 10.0 Å². The third-order valence-corrected chi connectivity index (χ3v) is 3.94. The van der Waals surface area contributed by atoms with Crippen LogP contribution in [0.1, 0.15) is 12.0 Å². The second-order valence-corrected chi connectivity index (χ2v) is 5.84. The van der Waals surface area contributed by atoms with Gasteiger partial charge >= 0.3 is 0 Å². The lowest BCUT2D eigenvalue weighted by atomic mass is 10.0. The van der Waals surface area contributed by atoms with E-state index in [0.717, 1.165) is 29.8 Å². The summed E-state index contributed by atoms with van der Waals surface area (Å²) >= 11 is 0. The molecule has 16 heavy (non-hydrogen) atoms. The number of ether oxygens (including phenoxy) is 1. The van der Waals surface area contributed by atoms with Gasteiger partial charge in [-0.3, -0.25) is 4.31 Å². The van der Waals surface area contributed by atoms with Crippen molar-refractivity contribution >= 4 is 15.7 Å². The van der Waals surface area contributed by atoms with Gasteiger partial charge in [-0.2, -0.15) is 0 Å². The van der Waals surface area contributed by atoms with E-state index >= 15 is 0 Å². The van der Waals surface area contributed by atoms with Crippen LogP contribution in [0.2, 0.25) is 0 Å². The predicted molar refractivity (Wildman–Crippen MR) is 63.5 cm³/mol. The third kappa shape index (κ3) is 2.00. The summed E-state index contributed by atoms with van der Waals surface area (Å²) < 4.78 is 29.8. The molecule has 1 aliphatic rings. The molecule has 0 saturated heterocycles. The lowest BCUT2D eigenvalue weighted by molar-refractivity contribution is 0.414. The number of rotatable bonds is 2. The molecule has 0 fully saturated rings. The fraction of sp³-hybridized carbons (Fsp3) is 0.455. The minimum Gasteiger partial charge on any atom is -0.497 e. The summed E-state index contributed by atoms with van der Waals surface area (Å²) in [5.41, 5.74) is 1.82. The Morgan fingerprint density at radius 1 is 1.38 bits per heavy atom. The van der Waals surface area contributed by atoms with Crippen molar-refractivity contribution in [3.63, 3.8) is 0 Å². The van der Waals surface area contributed by atoms with Gasteiger partial charge in [-0.25, -0.2) is 8.42 Å². The normalized spacial score (nSPS) is 15.8. The quantitative estimate of drug-likeness (QED) is 0.786. The zero-order chi connectivity index (χ0) is 11.8. The summed E-state index contributed by atoms with van der Waals surface area (Å²) in [6.07, 6.45) is 3.00. The summed E-state index contributed by atoms with van der Waals surface area (Å²) in [4.78, 5) is 0. The number of hydrogen-bond donors (Lipinski definition) is 0. The predicted octanol–water partition coefficient (Wildman–Crippen LogP) is 1.41. The molecule has 0 bridgehead atoms. The van der Waals surface area contributed by atoms with Crippen LogP contribution in [0.3, 0.4) is 0 Å². The molecule has 0 spiro atoms. The van der Waals surface area contributed by atoms with Crippen LogP contribution in [0.5, 0.6) is 5.75 Å². The Labute approximate surface area is 95.9 Å². The van der Waals surface area contributed by atoms with Crippen LogP contribution in [0.25, 0.3) is 0 Å². The van der Waals surface area contributed by atoms with Gasteiger partial charge in [-0.05, 0) is 36.6 Å². The summed E-state index contributed by atoms with van der Waals surface area (Å²) in [5.74, 6) is 0.772. The molecule has 0 saturated carbocycles. The van der Waals surface area contributed by atoms with E-state index in [1.165, 1.54) is 10.6 Å². The highest BCUT2D eigenvalue weighted by atomic mass is 32.2. The number of nitrogens with zero attached hydrogens (tertiary/aromatic N) is 1. The van der Waals surface area contributed by atoms with Crippen LogP contribution < -0.4 is 9.04 Å². The van der Waals surface area contributed by atoms with Crippen LogP contribution in [-0.2, 0) is 16.4 Å². The minimum absolute atomic E-state index is 0.568. The molecule has 0 radical (unpaired) electrons. The van der Waals surface area contributed by atoms with Crippen molar-refractivity contribution in [3.05, 3.63) is 23.8 Å². The van der Waals surface area contributed by atoms with Gasteiger partial charge in [0.15, 0.2) is 0 Å². The van der Waals surface area contributed by atoms with Gasteiger partial charge in [-0.15, -0.1) is 0 Å². The van der Waals surface area contributed by atoms with Crippen molar-refractivity contribution in [2.75, 3.05) is 24.2 Å². The average molecular weight is 241 g/mol. The molecule has 1 aliphatic heterocycles. The number of sulfonamides is 1. The topological polar surface area (TPSA) is 46.6 Å². The molecule has 88 valence electrons. The second kappa shape index (κ2) is 3.97. The number of benzene rings is 1. The Kier molecular flexibility index (Phi) is 2.80. The Bertz CT molecular complexity index is 496. The van der Waals surface area contributed by atoms with Gasteiger partial charge in [0.25, 0.3) is 0 Å². The average Bonchev–Trinajstić information content (AvgIpc) is 2.26. The van der Waals surface area contributed by atoms with Crippen LogP contribution >= 0.6 is 0 Å². The van der Waals surface area contributed by atoms with E-state index in [9.17, 15) is 8.42 Å². The minimum atomic E-state index is -3.17. The lowest BCUT2D eigenvalue weighted by Gasteiger charge is -2.29. The first kappa shape index (κ1) is 11.3. The maximum atomic E-state index is 11.6. The van der Waals surface area contributed by atoms with Crippen LogP contribution in [0.4, 0.5) is 5.69 Å². The fourth-order valence-corrected chi connectivity index (χ4v) is 3.01. The number of hydrogen-bond acceptors (Lipinski definition) is 3. The van der Waals surface area contributed by atoms with Gasteiger partial charge in [0.05, 0.1) is 19.1 Å². The smallest absolute Gasteiger partial charge is 0.232 e. The first-order valence-electron chi connectivity index (χ1n) is 5.17. The van der Waals surface area contributed by atoms with E-state index in [0.29, 0.717) is 6.54 Å². The van der Waals surface area contributed by atoms with Crippen molar-refractivity contribution in [1.82, 2.24) is 0 Å². The van der Waals surface area contributed by atoms with Gasteiger partial charge in [0, 0.05) is 6.54 Å². The fourth-order valence-electron chi connectivity index (χ4n) is 2.01. The zero-order valence-electron chi connectivity index (χ0n) is 9.43.